The number of hydrogen-bond donors (Lipinski definition) is 3. The summed E-state index contributed by atoms with van der Waals surface area (Å²) in [5, 5.41) is 27.8. The molecule has 0 spiro atoms. The Morgan fingerprint density at radius 1 is 1.12 bits per heavy atom. The number of fused-ring (bicyclic) bond motifs is 1. The summed E-state index contributed by atoms with van der Waals surface area (Å²) in [6.45, 7) is 1.49. The van der Waals surface area contributed by atoms with Crippen molar-refractivity contribution >= 4 is 49.3 Å². The van der Waals surface area contributed by atoms with Crippen LogP contribution >= 0.6 is 11.3 Å². The van der Waals surface area contributed by atoms with Gasteiger partial charge in [0, 0.05) is 6.92 Å². The lowest BCUT2D eigenvalue weighted by Gasteiger charge is -2.03. The van der Waals surface area contributed by atoms with E-state index in [2.05, 4.69) is 20.6 Å². The van der Waals surface area contributed by atoms with Crippen molar-refractivity contribution in [1.29, 1.82) is 0 Å². The van der Waals surface area contributed by atoms with E-state index in [0.29, 0.717) is 23.8 Å². The quantitative estimate of drug-likeness (QED) is 0.316. The summed E-state index contributed by atoms with van der Waals surface area (Å²) >= 11 is 0.701. The number of sulfonamides is 1. The SMILES string of the molecule is CC(=O)Nc1nnc(S(N)(=O)=O)s1.O=C(O)COc1nn(Cc2ccccc2)c2ccccc12. The second-order valence-electron chi connectivity index (χ2n) is 6.75. The molecule has 0 fully saturated rings. The monoisotopic (exact) mass is 504 g/mol. The number of carboxylic acids is 1. The summed E-state index contributed by atoms with van der Waals surface area (Å²) in [6, 6.07) is 17.6. The number of anilines is 1. The van der Waals surface area contributed by atoms with Gasteiger partial charge in [-0.1, -0.05) is 53.8 Å². The normalized spacial score (nSPS) is 10.9. The molecule has 4 aromatic rings. The molecule has 178 valence electrons. The lowest BCUT2D eigenvalue weighted by molar-refractivity contribution is -0.139. The number of rotatable bonds is 7. The number of carbonyl (C=O) groups is 2. The summed E-state index contributed by atoms with van der Waals surface area (Å²) in [6.07, 6.45) is 0. The molecule has 0 aliphatic rings. The van der Waals surface area contributed by atoms with E-state index >= 15 is 0 Å². The molecule has 2 heterocycles. The summed E-state index contributed by atoms with van der Waals surface area (Å²) in [5.74, 6) is -1.02. The van der Waals surface area contributed by atoms with Crippen molar-refractivity contribution in [3.8, 4) is 5.88 Å². The minimum Gasteiger partial charge on any atom is -0.479 e. The molecule has 0 atom stereocenters. The van der Waals surface area contributed by atoms with E-state index in [1.165, 1.54) is 6.92 Å². The van der Waals surface area contributed by atoms with Crippen LogP contribution in [-0.2, 0) is 26.2 Å². The maximum absolute atomic E-state index is 10.7. The van der Waals surface area contributed by atoms with Crippen LogP contribution in [0.5, 0.6) is 5.88 Å². The molecule has 0 bridgehead atoms. The molecule has 2 aromatic heterocycles. The molecule has 0 aliphatic heterocycles. The summed E-state index contributed by atoms with van der Waals surface area (Å²) < 4.78 is 28.2. The Hall–Kier alpha value is -3.88. The van der Waals surface area contributed by atoms with Gasteiger partial charge in [0.1, 0.15) is 0 Å². The minimum atomic E-state index is -3.82. The average Bonchev–Trinajstić information content (AvgIpc) is 3.38. The highest BCUT2D eigenvalue weighted by Crippen LogP contribution is 2.25. The molecule has 0 saturated heterocycles. The van der Waals surface area contributed by atoms with E-state index < -0.39 is 22.6 Å². The molecule has 2 aromatic carbocycles. The van der Waals surface area contributed by atoms with E-state index in [-0.39, 0.29) is 15.4 Å². The van der Waals surface area contributed by atoms with Crippen LogP contribution in [0.15, 0.2) is 58.9 Å². The Morgan fingerprint density at radius 3 is 2.41 bits per heavy atom. The number of nitrogens with two attached hydrogens (primary N) is 1. The lowest BCUT2D eigenvalue weighted by Crippen LogP contribution is -2.11. The highest BCUT2D eigenvalue weighted by Gasteiger charge is 2.15. The smallest absolute Gasteiger partial charge is 0.341 e. The van der Waals surface area contributed by atoms with Crippen LogP contribution in [0, 0.1) is 0 Å². The van der Waals surface area contributed by atoms with E-state index in [1.807, 2.05) is 59.3 Å². The van der Waals surface area contributed by atoms with Gasteiger partial charge in [0.25, 0.3) is 10.0 Å². The van der Waals surface area contributed by atoms with Gasteiger partial charge in [-0.15, -0.1) is 15.3 Å². The predicted octanol–water partition coefficient (Wildman–Crippen LogP) is 1.69. The molecule has 4 rings (SSSR count). The van der Waals surface area contributed by atoms with Gasteiger partial charge in [-0.2, -0.15) is 0 Å². The van der Waals surface area contributed by atoms with Crippen molar-refractivity contribution in [2.75, 3.05) is 11.9 Å². The standard InChI is InChI=1S/C16H14N2O3.C4H6N4O3S2/c19-15(20)11-21-16-13-8-4-5-9-14(13)18(17-16)10-12-6-2-1-3-7-12;1-2(9)6-3-7-8-4(12-3)13(5,10)11/h1-9H,10-11H2,(H,19,20);1H3,(H2,5,10,11)(H,6,7,9). The number of hydrogen-bond acceptors (Lipinski definition) is 9. The maximum atomic E-state index is 10.7. The number of amides is 1. The Bertz CT molecular complexity index is 1400. The van der Waals surface area contributed by atoms with E-state index in [0.717, 1.165) is 16.5 Å². The zero-order valence-electron chi connectivity index (χ0n) is 17.8. The third-order valence-electron chi connectivity index (χ3n) is 4.06. The molecule has 14 heteroatoms. The average molecular weight is 505 g/mol. The molecule has 1 amide bonds. The lowest BCUT2D eigenvalue weighted by atomic mass is 10.2. The minimum absolute atomic E-state index is 0.108. The van der Waals surface area contributed by atoms with Gasteiger partial charge < -0.3 is 15.2 Å². The first-order chi connectivity index (χ1) is 16.1. The number of nitrogens with zero attached hydrogens (tertiary/aromatic N) is 4. The van der Waals surface area contributed by atoms with Crippen molar-refractivity contribution in [3.63, 3.8) is 0 Å². The first-order valence-electron chi connectivity index (χ1n) is 9.61. The maximum Gasteiger partial charge on any atom is 0.341 e. The van der Waals surface area contributed by atoms with E-state index in [4.69, 9.17) is 15.0 Å². The first kappa shape index (κ1) is 24.8. The fraction of sp³-hybridized carbons (Fsp3) is 0.150. The van der Waals surface area contributed by atoms with Gasteiger partial charge in [0.15, 0.2) is 6.61 Å². The van der Waals surface area contributed by atoms with Crippen LogP contribution in [0.25, 0.3) is 10.9 Å². The summed E-state index contributed by atoms with van der Waals surface area (Å²) in [4.78, 5) is 21.2. The third-order valence-corrected chi connectivity index (χ3v) is 6.21. The number of primary sulfonamides is 1. The number of aromatic nitrogens is 4. The third kappa shape index (κ3) is 6.81. The van der Waals surface area contributed by atoms with Crippen molar-refractivity contribution < 1.29 is 27.9 Å². The molecule has 0 radical (unpaired) electrons. The molecule has 12 nitrogen and oxygen atoms in total. The second kappa shape index (κ2) is 10.8. The van der Waals surface area contributed by atoms with Crippen LogP contribution in [0.3, 0.4) is 0 Å². The summed E-state index contributed by atoms with van der Waals surface area (Å²) in [5.41, 5.74) is 2.04. The summed E-state index contributed by atoms with van der Waals surface area (Å²) in [7, 11) is -3.82. The van der Waals surface area contributed by atoms with Gasteiger partial charge in [-0.25, -0.2) is 18.4 Å². The fourth-order valence-corrected chi connectivity index (χ4v) is 4.12. The van der Waals surface area contributed by atoms with E-state index in [1.54, 1.807) is 0 Å². The van der Waals surface area contributed by atoms with Crippen LogP contribution in [0.4, 0.5) is 5.13 Å². The van der Waals surface area contributed by atoms with Crippen LogP contribution in [0.2, 0.25) is 0 Å². The van der Waals surface area contributed by atoms with Crippen molar-refractivity contribution in [2.24, 2.45) is 5.14 Å². The molecule has 0 saturated carbocycles. The number of benzene rings is 2. The highest BCUT2D eigenvalue weighted by molar-refractivity contribution is 7.91. The fourth-order valence-electron chi connectivity index (χ4n) is 2.74. The van der Waals surface area contributed by atoms with Crippen molar-refractivity contribution in [2.45, 2.75) is 17.8 Å². The van der Waals surface area contributed by atoms with Gasteiger partial charge in [0.05, 0.1) is 17.4 Å². The molecular formula is C20H20N6O6S2. The van der Waals surface area contributed by atoms with Crippen LogP contribution in [-0.4, -0.2) is 52.0 Å². The molecule has 0 aliphatic carbocycles. The topological polar surface area (TPSA) is 179 Å². The zero-order chi connectivity index (χ0) is 24.7. The zero-order valence-corrected chi connectivity index (χ0v) is 19.4. The number of carbonyl (C=O) groups excluding carboxylic acids is 1. The second-order valence-corrected chi connectivity index (χ2v) is 9.46. The van der Waals surface area contributed by atoms with Gasteiger partial charge in [-0.3, -0.25) is 9.48 Å². The molecule has 34 heavy (non-hydrogen) atoms. The van der Waals surface area contributed by atoms with Crippen LogP contribution < -0.4 is 15.2 Å². The number of nitrogens with one attached hydrogen (secondary N) is 1. The van der Waals surface area contributed by atoms with Crippen molar-refractivity contribution in [1.82, 2.24) is 20.0 Å². The van der Waals surface area contributed by atoms with Gasteiger partial charge >= 0.3 is 5.97 Å². The number of ether oxygens (including phenoxy) is 1. The Kier molecular flexibility index (Phi) is 7.88. The molecule has 4 N–H and O–H groups in total. The van der Waals surface area contributed by atoms with E-state index in [9.17, 15) is 18.0 Å². The largest absolute Gasteiger partial charge is 0.479 e. The Labute approximate surface area is 198 Å². The van der Waals surface area contributed by atoms with Crippen LogP contribution in [0.1, 0.15) is 12.5 Å². The van der Waals surface area contributed by atoms with Crippen molar-refractivity contribution in [3.05, 3.63) is 60.2 Å². The molecular weight excluding hydrogens is 484 g/mol. The highest BCUT2D eigenvalue weighted by atomic mass is 32.2. The predicted molar refractivity (Wildman–Crippen MR) is 124 cm³/mol. The number of aliphatic carboxylic acids is 1. The Balaban J connectivity index is 0.000000215. The number of carboxylic acid groups (broad SMARTS) is 1. The van der Waals surface area contributed by atoms with Gasteiger partial charge in [0.2, 0.25) is 21.3 Å². The molecule has 0 unspecified atom stereocenters. The Morgan fingerprint density at radius 2 is 1.79 bits per heavy atom. The van der Waals surface area contributed by atoms with Gasteiger partial charge in [-0.05, 0) is 17.7 Å². The number of para-hydroxylation sites is 1. The first-order valence-corrected chi connectivity index (χ1v) is 12.0.